The number of halogens is 1. The van der Waals surface area contributed by atoms with Gasteiger partial charge in [0.2, 0.25) is 0 Å². The molecule has 0 N–H and O–H groups in total. The number of hydrogen-bond donors (Lipinski definition) is 0. The minimum atomic E-state index is -3.14. The van der Waals surface area contributed by atoms with Gasteiger partial charge in [-0.25, -0.2) is 22.3 Å². The normalized spacial score (nSPS) is 18.4. The Labute approximate surface area is 192 Å². The molecule has 33 heavy (non-hydrogen) atoms. The van der Waals surface area contributed by atoms with Crippen molar-refractivity contribution in [3.63, 3.8) is 0 Å². The molecule has 0 bridgehead atoms. The molecule has 1 amide bonds. The molecule has 8 nitrogen and oxygen atoms in total. The lowest BCUT2D eigenvalue weighted by molar-refractivity contribution is -0.156. The highest BCUT2D eigenvalue weighted by atomic mass is 32.2. The standard InChI is InChI=1S/C23H28FN3O5S/c1-5-26(20-12-13-33(30,31)14-20)23(29)17(4)32-22(28)11-10-21-15(2)25-27(16(21)3)19-8-6-18(24)7-9-19/h6-11,17,20H,5,12-14H2,1-4H3/b11-10+. The maximum absolute atomic E-state index is 13.2. The summed E-state index contributed by atoms with van der Waals surface area (Å²) in [5.41, 5.74) is 2.82. The van der Waals surface area contributed by atoms with E-state index in [0.717, 1.165) is 5.69 Å². The Morgan fingerprint density at radius 3 is 2.55 bits per heavy atom. The molecule has 0 aliphatic carbocycles. The molecule has 10 heteroatoms. The van der Waals surface area contributed by atoms with Gasteiger partial charge in [0.1, 0.15) is 5.82 Å². The lowest BCUT2D eigenvalue weighted by Crippen LogP contribution is -2.46. The van der Waals surface area contributed by atoms with E-state index < -0.39 is 33.9 Å². The van der Waals surface area contributed by atoms with E-state index >= 15 is 0 Å². The highest BCUT2D eigenvalue weighted by Gasteiger charge is 2.36. The minimum absolute atomic E-state index is 0.0582. The van der Waals surface area contributed by atoms with Crippen LogP contribution in [-0.4, -0.2) is 65.2 Å². The molecule has 0 saturated carbocycles. The van der Waals surface area contributed by atoms with Gasteiger partial charge in [-0.2, -0.15) is 5.10 Å². The molecule has 2 heterocycles. The predicted molar refractivity (Wildman–Crippen MR) is 122 cm³/mol. The van der Waals surface area contributed by atoms with Gasteiger partial charge in [-0.15, -0.1) is 0 Å². The van der Waals surface area contributed by atoms with Crippen LogP contribution < -0.4 is 0 Å². The van der Waals surface area contributed by atoms with Crippen molar-refractivity contribution in [1.29, 1.82) is 0 Å². The summed E-state index contributed by atoms with van der Waals surface area (Å²) in [6, 6.07) is 5.51. The summed E-state index contributed by atoms with van der Waals surface area (Å²) in [6.45, 7) is 7.19. The van der Waals surface area contributed by atoms with Gasteiger partial charge in [-0.05, 0) is 64.5 Å². The third-order valence-corrected chi connectivity index (χ3v) is 7.47. The van der Waals surface area contributed by atoms with Crippen LogP contribution in [0.2, 0.25) is 0 Å². The van der Waals surface area contributed by atoms with Crippen LogP contribution in [-0.2, 0) is 24.2 Å². The highest BCUT2D eigenvalue weighted by molar-refractivity contribution is 7.91. The maximum atomic E-state index is 13.2. The topological polar surface area (TPSA) is 98.6 Å². The van der Waals surface area contributed by atoms with Crippen molar-refractivity contribution >= 4 is 27.8 Å². The first-order chi connectivity index (χ1) is 15.5. The number of aryl methyl sites for hydroxylation is 1. The number of likely N-dealkylation sites (N-methyl/N-ethyl adjacent to an activating group) is 1. The Morgan fingerprint density at radius 2 is 1.97 bits per heavy atom. The Morgan fingerprint density at radius 1 is 1.30 bits per heavy atom. The molecule has 1 aliphatic heterocycles. The van der Waals surface area contributed by atoms with E-state index in [2.05, 4.69) is 5.10 Å². The molecule has 0 spiro atoms. The number of aromatic nitrogens is 2. The first-order valence-corrected chi connectivity index (χ1v) is 12.6. The maximum Gasteiger partial charge on any atom is 0.331 e. The number of sulfone groups is 1. The molecule has 1 aromatic heterocycles. The lowest BCUT2D eigenvalue weighted by atomic mass is 10.2. The molecule has 3 rings (SSSR count). The van der Waals surface area contributed by atoms with Gasteiger partial charge in [-0.3, -0.25) is 4.79 Å². The first kappa shape index (κ1) is 24.6. The van der Waals surface area contributed by atoms with Crippen LogP contribution in [0.15, 0.2) is 30.3 Å². The van der Waals surface area contributed by atoms with Crippen LogP contribution in [0.25, 0.3) is 11.8 Å². The molecule has 1 saturated heterocycles. The van der Waals surface area contributed by atoms with Crippen molar-refractivity contribution in [2.24, 2.45) is 0 Å². The van der Waals surface area contributed by atoms with Crippen LogP contribution in [0.4, 0.5) is 4.39 Å². The summed E-state index contributed by atoms with van der Waals surface area (Å²) in [6.07, 6.45) is 2.14. The van der Waals surface area contributed by atoms with Crippen LogP contribution in [0, 0.1) is 19.7 Å². The summed E-state index contributed by atoms with van der Waals surface area (Å²) < 4.78 is 43.7. The zero-order chi connectivity index (χ0) is 24.3. The van der Waals surface area contributed by atoms with Gasteiger partial charge in [0.05, 0.1) is 22.9 Å². The fraction of sp³-hybridized carbons (Fsp3) is 0.435. The van der Waals surface area contributed by atoms with E-state index in [1.165, 1.54) is 30.0 Å². The second-order valence-electron chi connectivity index (χ2n) is 8.07. The smallest absolute Gasteiger partial charge is 0.331 e. The van der Waals surface area contributed by atoms with E-state index in [1.54, 1.807) is 36.7 Å². The van der Waals surface area contributed by atoms with Crippen LogP contribution in [0.3, 0.4) is 0 Å². The molecular formula is C23H28FN3O5S. The predicted octanol–water partition coefficient (Wildman–Crippen LogP) is 2.61. The summed E-state index contributed by atoms with van der Waals surface area (Å²) in [5, 5.41) is 4.45. The first-order valence-electron chi connectivity index (χ1n) is 10.7. The third kappa shape index (κ3) is 5.68. The van der Waals surface area contributed by atoms with Crippen LogP contribution in [0.1, 0.15) is 37.2 Å². The largest absolute Gasteiger partial charge is 0.449 e. The van der Waals surface area contributed by atoms with Crippen molar-refractivity contribution in [1.82, 2.24) is 14.7 Å². The quantitative estimate of drug-likeness (QED) is 0.449. The second kappa shape index (κ2) is 9.86. The van der Waals surface area contributed by atoms with Crippen LogP contribution in [0.5, 0.6) is 0 Å². The number of amides is 1. The number of carbonyl (C=O) groups excluding carboxylic acids is 2. The van der Waals surface area contributed by atoms with Gasteiger partial charge in [0, 0.05) is 29.9 Å². The molecule has 2 atom stereocenters. The zero-order valence-corrected chi connectivity index (χ0v) is 19.9. The van der Waals surface area contributed by atoms with E-state index in [1.807, 2.05) is 6.92 Å². The number of benzene rings is 1. The fourth-order valence-electron chi connectivity index (χ4n) is 3.99. The Bertz CT molecular complexity index is 1170. The molecular weight excluding hydrogens is 449 g/mol. The van der Waals surface area contributed by atoms with Crippen molar-refractivity contribution in [2.75, 3.05) is 18.1 Å². The van der Waals surface area contributed by atoms with Gasteiger partial charge >= 0.3 is 5.97 Å². The van der Waals surface area contributed by atoms with Crippen molar-refractivity contribution < 1.29 is 27.1 Å². The zero-order valence-electron chi connectivity index (χ0n) is 19.1. The summed E-state index contributed by atoms with van der Waals surface area (Å²) >= 11 is 0. The average Bonchev–Trinajstić information content (AvgIpc) is 3.25. The monoisotopic (exact) mass is 477 g/mol. The van der Waals surface area contributed by atoms with Gasteiger partial charge in [-0.1, -0.05) is 0 Å². The summed E-state index contributed by atoms with van der Waals surface area (Å²) in [7, 11) is -3.14. The summed E-state index contributed by atoms with van der Waals surface area (Å²) in [5.74, 6) is -1.47. The van der Waals surface area contributed by atoms with Gasteiger partial charge in [0.15, 0.2) is 15.9 Å². The van der Waals surface area contributed by atoms with Crippen molar-refractivity contribution in [2.45, 2.75) is 46.3 Å². The minimum Gasteiger partial charge on any atom is -0.449 e. The third-order valence-electron chi connectivity index (χ3n) is 5.72. The number of esters is 1. The molecule has 2 aromatic rings. The molecule has 0 radical (unpaired) electrons. The summed E-state index contributed by atoms with van der Waals surface area (Å²) in [4.78, 5) is 26.6. The lowest BCUT2D eigenvalue weighted by Gasteiger charge is -2.29. The molecule has 1 fully saturated rings. The number of hydrogen-bond acceptors (Lipinski definition) is 6. The van der Waals surface area contributed by atoms with Crippen molar-refractivity contribution in [3.8, 4) is 5.69 Å². The molecule has 2 unspecified atom stereocenters. The number of carbonyl (C=O) groups is 2. The SMILES string of the molecule is CCN(C(=O)C(C)OC(=O)/C=C/c1c(C)nn(-c2ccc(F)cc2)c1C)C1CCS(=O)(=O)C1. The van der Waals surface area contributed by atoms with E-state index in [9.17, 15) is 22.4 Å². The van der Waals surface area contributed by atoms with Crippen molar-refractivity contribution in [3.05, 3.63) is 53.1 Å². The van der Waals surface area contributed by atoms with E-state index in [0.29, 0.717) is 29.9 Å². The Hall–Kier alpha value is -3.01. The van der Waals surface area contributed by atoms with E-state index in [4.69, 9.17) is 4.74 Å². The fourth-order valence-corrected chi connectivity index (χ4v) is 5.72. The van der Waals surface area contributed by atoms with Gasteiger partial charge < -0.3 is 9.64 Å². The number of rotatable bonds is 7. The molecule has 178 valence electrons. The highest BCUT2D eigenvalue weighted by Crippen LogP contribution is 2.21. The molecule has 1 aliphatic rings. The average molecular weight is 478 g/mol. The Kier molecular flexibility index (Phi) is 7.36. The molecule has 1 aromatic carbocycles. The van der Waals surface area contributed by atoms with E-state index in [-0.39, 0.29) is 17.3 Å². The Balaban J connectivity index is 1.67. The van der Waals surface area contributed by atoms with Crippen LogP contribution >= 0.6 is 0 Å². The van der Waals surface area contributed by atoms with Gasteiger partial charge in [0.25, 0.3) is 5.91 Å². The second-order valence-corrected chi connectivity index (χ2v) is 10.3. The number of nitrogens with zero attached hydrogens (tertiary/aromatic N) is 3. The number of ether oxygens (including phenoxy) is 1.